The smallest absolute Gasteiger partial charge is 0.306 e. The molecule has 0 heterocycles. The first kappa shape index (κ1) is 19.8. The molecule has 0 aromatic carbocycles. The minimum absolute atomic E-state index is 0.114. The summed E-state index contributed by atoms with van der Waals surface area (Å²) >= 11 is 0. The van der Waals surface area contributed by atoms with E-state index in [2.05, 4.69) is 13.8 Å². The number of aliphatic carboxylic acids is 1. The second-order valence-corrected chi connectivity index (χ2v) is 10.2. The van der Waals surface area contributed by atoms with Crippen LogP contribution in [0.5, 0.6) is 0 Å². The van der Waals surface area contributed by atoms with Gasteiger partial charge in [-0.1, -0.05) is 19.4 Å². The summed E-state index contributed by atoms with van der Waals surface area (Å²) in [4.78, 5) is 35.7. The van der Waals surface area contributed by atoms with Crippen LogP contribution in [0.15, 0.2) is 11.6 Å². The number of ketones is 2. The molecular weight excluding hydrogens is 356 g/mol. The molecule has 0 aromatic heterocycles. The molecule has 7 atom stereocenters. The number of carbonyl (C=O) groups is 3. The van der Waals surface area contributed by atoms with Gasteiger partial charge in [0.05, 0.1) is 6.42 Å². The van der Waals surface area contributed by atoms with Crippen LogP contribution in [0.4, 0.5) is 0 Å². The van der Waals surface area contributed by atoms with Crippen molar-refractivity contribution in [2.45, 2.75) is 77.7 Å². The number of carboxylic acids is 1. The monoisotopic (exact) mass is 388 g/mol. The molecule has 4 rings (SSSR count). The van der Waals surface area contributed by atoms with Crippen LogP contribution in [0.25, 0.3) is 0 Å². The Morgan fingerprint density at radius 3 is 2.57 bits per heavy atom. The zero-order valence-electron chi connectivity index (χ0n) is 16.9. The average Bonchev–Trinajstić information content (AvgIpc) is 2.98. The van der Waals surface area contributed by atoms with Gasteiger partial charge in [0.25, 0.3) is 0 Å². The number of aliphatic hydroxyl groups excluding tert-OH is 1. The van der Waals surface area contributed by atoms with Gasteiger partial charge in [0, 0.05) is 12.3 Å². The summed E-state index contributed by atoms with van der Waals surface area (Å²) in [6, 6.07) is 0. The van der Waals surface area contributed by atoms with Gasteiger partial charge in [0.2, 0.25) is 0 Å². The lowest BCUT2D eigenvalue weighted by Crippen LogP contribution is -2.51. The minimum Gasteiger partial charge on any atom is -0.481 e. The number of carboxylic acid groups (broad SMARTS) is 1. The number of rotatable bonds is 4. The van der Waals surface area contributed by atoms with Crippen molar-refractivity contribution in [2.24, 2.45) is 34.5 Å². The molecule has 0 aliphatic heterocycles. The van der Waals surface area contributed by atoms with Crippen LogP contribution in [0.1, 0.15) is 71.6 Å². The molecule has 0 aromatic rings. The fraction of sp³-hybridized carbons (Fsp3) is 0.783. The standard InChI is InChI=1S/C23H32O5/c1-22-9-7-14(24)11-13(22)3-4-15-16-5-6-18(21(28)19(25)12-20(26)27)23(16,2)10-8-17(15)22/h11,15-19,25H,3-10,12H2,1-2H3,(H,26,27)/t15-,16-,17-,18+,19?,22-,23-/m0/s1. The Morgan fingerprint density at radius 1 is 1.11 bits per heavy atom. The molecule has 0 bridgehead atoms. The van der Waals surface area contributed by atoms with Crippen LogP contribution in [-0.4, -0.2) is 33.9 Å². The van der Waals surface area contributed by atoms with Crippen LogP contribution in [0.2, 0.25) is 0 Å². The maximum Gasteiger partial charge on any atom is 0.306 e. The third kappa shape index (κ3) is 2.89. The van der Waals surface area contributed by atoms with Crippen LogP contribution >= 0.6 is 0 Å². The summed E-state index contributed by atoms with van der Waals surface area (Å²) in [5.41, 5.74) is 1.32. The molecule has 5 heteroatoms. The highest BCUT2D eigenvalue weighted by molar-refractivity contribution is 5.91. The number of allylic oxidation sites excluding steroid dienone is 1. The Kier molecular flexibility index (Phi) is 4.80. The van der Waals surface area contributed by atoms with Gasteiger partial charge >= 0.3 is 5.97 Å². The number of carbonyl (C=O) groups excluding carboxylic acids is 2. The van der Waals surface area contributed by atoms with E-state index in [9.17, 15) is 19.5 Å². The first-order valence-electron chi connectivity index (χ1n) is 10.8. The summed E-state index contributed by atoms with van der Waals surface area (Å²) in [5.74, 6) is 0.219. The van der Waals surface area contributed by atoms with E-state index in [0.29, 0.717) is 24.2 Å². The maximum atomic E-state index is 12.9. The lowest BCUT2D eigenvalue weighted by Gasteiger charge is -2.58. The molecule has 4 aliphatic rings. The van der Waals surface area contributed by atoms with Crippen molar-refractivity contribution in [1.82, 2.24) is 0 Å². The van der Waals surface area contributed by atoms with Gasteiger partial charge in [0.15, 0.2) is 11.6 Å². The Morgan fingerprint density at radius 2 is 1.86 bits per heavy atom. The third-order valence-corrected chi connectivity index (χ3v) is 9.00. The van der Waals surface area contributed by atoms with E-state index in [1.54, 1.807) is 0 Å². The molecular formula is C23H32O5. The molecule has 0 radical (unpaired) electrons. The normalized spacial score (nSPS) is 43.4. The fourth-order valence-corrected chi connectivity index (χ4v) is 7.52. The average molecular weight is 389 g/mol. The van der Waals surface area contributed by atoms with Gasteiger partial charge in [-0.2, -0.15) is 0 Å². The number of hydrogen-bond donors (Lipinski definition) is 2. The summed E-state index contributed by atoms with van der Waals surface area (Å²) in [7, 11) is 0. The van der Waals surface area contributed by atoms with E-state index in [1.165, 1.54) is 5.57 Å². The van der Waals surface area contributed by atoms with E-state index >= 15 is 0 Å². The van der Waals surface area contributed by atoms with E-state index in [0.717, 1.165) is 44.9 Å². The number of fused-ring (bicyclic) bond motifs is 5. The van der Waals surface area contributed by atoms with E-state index in [4.69, 9.17) is 5.11 Å². The SMILES string of the molecule is C[C@]12CC[C@H]3[C@@H](CCC4=CC(=O)CC[C@@]43C)[C@@H]1CC[C@@H]2C(=O)C(O)CC(=O)O. The van der Waals surface area contributed by atoms with Gasteiger partial charge in [0.1, 0.15) is 6.10 Å². The van der Waals surface area contributed by atoms with Crippen molar-refractivity contribution in [3.05, 3.63) is 11.6 Å². The van der Waals surface area contributed by atoms with Crippen molar-refractivity contribution in [2.75, 3.05) is 0 Å². The van der Waals surface area contributed by atoms with Crippen LogP contribution in [0.3, 0.4) is 0 Å². The fourth-order valence-electron chi connectivity index (χ4n) is 7.52. The van der Waals surface area contributed by atoms with E-state index in [1.807, 2.05) is 6.08 Å². The van der Waals surface area contributed by atoms with Crippen LogP contribution < -0.4 is 0 Å². The summed E-state index contributed by atoms with van der Waals surface area (Å²) < 4.78 is 0. The predicted octanol–water partition coefficient (Wildman–Crippen LogP) is 3.54. The van der Waals surface area contributed by atoms with Crippen molar-refractivity contribution in [3.8, 4) is 0 Å². The molecule has 2 N–H and O–H groups in total. The molecule has 0 spiro atoms. The van der Waals surface area contributed by atoms with Crippen molar-refractivity contribution >= 4 is 17.5 Å². The number of Topliss-reactive ketones (excluding diaryl/α,β-unsaturated/α-hetero) is 1. The van der Waals surface area contributed by atoms with Gasteiger partial charge in [-0.15, -0.1) is 0 Å². The Labute approximate surface area is 166 Å². The van der Waals surface area contributed by atoms with Crippen molar-refractivity contribution in [1.29, 1.82) is 0 Å². The lowest BCUT2D eigenvalue weighted by molar-refractivity contribution is -0.147. The van der Waals surface area contributed by atoms with Gasteiger partial charge in [-0.25, -0.2) is 0 Å². The summed E-state index contributed by atoms with van der Waals surface area (Å²) in [6.45, 7) is 4.55. The molecule has 1 unspecified atom stereocenters. The highest BCUT2D eigenvalue weighted by atomic mass is 16.4. The second kappa shape index (κ2) is 6.79. The number of aliphatic hydroxyl groups is 1. The lowest BCUT2D eigenvalue weighted by atomic mass is 9.46. The van der Waals surface area contributed by atoms with Crippen molar-refractivity contribution in [3.63, 3.8) is 0 Å². The van der Waals surface area contributed by atoms with Crippen LogP contribution in [-0.2, 0) is 14.4 Å². The predicted molar refractivity (Wildman–Crippen MR) is 103 cm³/mol. The molecule has 4 aliphatic carbocycles. The van der Waals surface area contributed by atoms with E-state index < -0.39 is 18.5 Å². The topological polar surface area (TPSA) is 91.7 Å². The Hall–Kier alpha value is -1.49. The molecule has 28 heavy (non-hydrogen) atoms. The molecule has 154 valence electrons. The van der Waals surface area contributed by atoms with Crippen LogP contribution in [0, 0.1) is 34.5 Å². The molecule has 3 fully saturated rings. The van der Waals surface area contributed by atoms with Gasteiger partial charge < -0.3 is 10.2 Å². The third-order valence-electron chi connectivity index (χ3n) is 9.00. The Bertz CT molecular complexity index is 739. The maximum absolute atomic E-state index is 12.9. The summed E-state index contributed by atoms with van der Waals surface area (Å²) in [5, 5.41) is 19.1. The molecule has 5 nitrogen and oxygen atoms in total. The zero-order chi connectivity index (χ0) is 20.3. The molecule has 0 saturated heterocycles. The molecule has 3 saturated carbocycles. The second-order valence-electron chi connectivity index (χ2n) is 10.2. The zero-order valence-corrected chi connectivity index (χ0v) is 16.9. The highest BCUT2D eigenvalue weighted by Crippen LogP contribution is 2.66. The largest absolute Gasteiger partial charge is 0.481 e. The first-order valence-corrected chi connectivity index (χ1v) is 10.8. The van der Waals surface area contributed by atoms with Gasteiger partial charge in [-0.3, -0.25) is 14.4 Å². The first-order chi connectivity index (χ1) is 13.2. The Balaban J connectivity index is 1.57. The highest BCUT2D eigenvalue weighted by Gasteiger charge is 2.60. The quantitative estimate of drug-likeness (QED) is 0.769. The molecule has 0 amide bonds. The van der Waals surface area contributed by atoms with E-state index in [-0.39, 0.29) is 28.3 Å². The van der Waals surface area contributed by atoms with Crippen molar-refractivity contribution < 1.29 is 24.6 Å². The number of hydrogen-bond acceptors (Lipinski definition) is 4. The van der Waals surface area contributed by atoms with Gasteiger partial charge in [-0.05, 0) is 79.6 Å². The summed E-state index contributed by atoms with van der Waals surface area (Å²) in [6.07, 6.45) is 7.44. The minimum atomic E-state index is -1.39.